The Balaban J connectivity index is 2.30. The van der Waals surface area contributed by atoms with E-state index in [4.69, 9.17) is 16.7 Å². The van der Waals surface area contributed by atoms with Crippen molar-refractivity contribution >= 4 is 33.5 Å². The van der Waals surface area contributed by atoms with Gasteiger partial charge in [0, 0.05) is 10.9 Å². The molecule has 100 valence electrons. The smallest absolute Gasteiger partial charge is 0.303 e. The zero-order valence-electron chi connectivity index (χ0n) is 9.48. The van der Waals surface area contributed by atoms with E-state index in [9.17, 15) is 9.18 Å². The number of carboxylic acids is 1. The van der Waals surface area contributed by atoms with E-state index in [1.807, 2.05) is 0 Å². The normalized spacial score (nSPS) is 10.7. The summed E-state index contributed by atoms with van der Waals surface area (Å²) in [6.45, 7) is 0. The molecule has 1 heterocycles. The van der Waals surface area contributed by atoms with Crippen LogP contribution in [0.4, 0.5) is 4.39 Å². The van der Waals surface area contributed by atoms with Gasteiger partial charge in [-0.1, -0.05) is 16.8 Å². The van der Waals surface area contributed by atoms with Crippen molar-refractivity contribution in [3.05, 3.63) is 39.3 Å². The lowest BCUT2D eigenvalue weighted by atomic mass is 10.2. The largest absolute Gasteiger partial charge is 0.481 e. The molecule has 0 unspecified atom stereocenters. The standard InChI is InChI=1S/C11H8BrClFN3O2/c12-8-3-6(14)4-9(13)11(8)17-5-7(15-16-17)1-2-10(18)19/h3-5H,1-2H2,(H,18,19). The topological polar surface area (TPSA) is 68.0 Å². The predicted octanol–water partition coefficient (Wildman–Crippen LogP) is 2.84. The van der Waals surface area contributed by atoms with Crippen molar-refractivity contribution in [2.24, 2.45) is 0 Å². The molecule has 0 amide bonds. The van der Waals surface area contributed by atoms with Crippen LogP contribution in [0.1, 0.15) is 12.1 Å². The van der Waals surface area contributed by atoms with Crippen molar-refractivity contribution in [2.45, 2.75) is 12.8 Å². The fourth-order valence-electron chi connectivity index (χ4n) is 1.51. The number of aromatic nitrogens is 3. The minimum atomic E-state index is -0.907. The zero-order valence-corrected chi connectivity index (χ0v) is 11.8. The Morgan fingerprint density at radius 3 is 2.89 bits per heavy atom. The van der Waals surface area contributed by atoms with Crippen LogP contribution in [0, 0.1) is 5.82 Å². The third kappa shape index (κ3) is 3.30. The van der Waals surface area contributed by atoms with Crippen LogP contribution in [-0.4, -0.2) is 26.1 Å². The Morgan fingerprint density at radius 2 is 2.26 bits per heavy atom. The number of carbonyl (C=O) groups is 1. The summed E-state index contributed by atoms with van der Waals surface area (Å²) in [7, 11) is 0. The number of aryl methyl sites for hydroxylation is 1. The van der Waals surface area contributed by atoms with Gasteiger partial charge in [-0.05, 0) is 28.1 Å². The summed E-state index contributed by atoms with van der Waals surface area (Å²) >= 11 is 9.15. The highest BCUT2D eigenvalue weighted by atomic mass is 79.9. The summed E-state index contributed by atoms with van der Waals surface area (Å²) in [5, 5.41) is 16.5. The molecule has 0 bridgehead atoms. The first-order chi connectivity index (χ1) is 8.97. The van der Waals surface area contributed by atoms with Crippen molar-refractivity contribution in [3.8, 4) is 5.69 Å². The van der Waals surface area contributed by atoms with Gasteiger partial charge >= 0.3 is 5.97 Å². The third-order valence-electron chi connectivity index (χ3n) is 2.35. The SMILES string of the molecule is O=C(O)CCc1cn(-c2c(Cl)cc(F)cc2Br)nn1. The minimum absolute atomic E-state index is 0.0307. The number of nitrogens with zero attached hydrogens (tertiary/aromatic N) is 3. The van der Waals surface area contributed by atoms with Crippen LogP contribution < -0.4 is 0 Å². The highest BCUT2D eigenvalue weighted by molar-refractivity contribution is 9.10. The van der Waals surface area contributed by atoms with Crippen LogP contribution >= 0.6 is 27.5 Å². The van der Waals surface area contributed by atoms with Gasteiger partial charge in [0.15, 0.2) is 0 Å². The molecule has 5 nitrogen and oxygen atoms in total. The number of hydrogen-bond acceptors (Lipinski definition) is 3. The summed E-state index contributed by atoms with van der Waals surface area (Å²) in [5.41, 5.74) is 0.979. The first kappa shape index (κ1) is 14.0. The zero-order chi connectivity index (χ0) is 14.0. The molecule has 8 heteroatoms. The van der Waals surface area contributed by atoms with Crippen LogP contribution in [0.5, 0.6) is 0 Å². The molecule has 0 saturated carbocycles. The molecule has 0 fully saturated rings. The van der Waals surface area contributed by atoms with Crippen molar-refractivity contribution < 1.29 is 14.3 Å². The summed E-state index contributed by atoms with van der Waals surface area (Å²) in [5.74, 6) is -1.37. The van der Waals surface area contributed by atoms with E-state index in [2.05, 4.69) is 26.2 Å². The van der Waals surface area contributed by atoms with Crippen LogP contribution in [0.2, 0.25) is 5.02 Å². The van der Waals surface area contributed by atoms with Gasteiger partial charge in [-0.15, -0.1) is 5.10 Å². The van der Waals surface area contributed by atoms with E-state index in [1.54, 1.807) is 6.20 Å². The highest BCUT2D eigenvalue weighted by Crippen LogP contribution is 2.29. The van der Waals surface area contributed by atoms with Crippen molar-refractivity contribution in [2.75, 3.05) is 0 Å². The maximum Gasteiger partial charge on any atom is 0.303 e. The second-order valence-corrected chi connectivity index (χ2v) is 5.03. The first-order valence-electron chi connectivity index (χ1n) is 5.25. The number of halogens is 3. The lowest BCUT2D eigenvalue weighted by molar-refractivity contribution is -0.136. The Kier molecular flexibility index (Phi) is 4.16. The minimum Gasteiger partial charge on any atom is -0.481 e. The molecule has 1 aromatic carbocycles. The molecule has 19 heavy (non-hydrogen) atoms. The summed E-state index contributed by atoms with van der Waals surface area (Å²) in [6.07, 6.45) is 1.80. The van der Waals surface area contributed by atoms with Crippen molar-refractivity contribution in [1.82, 2.24) is 15.0 Å². The Morgan fingerprint density at radius 1 is 1.53 bits per heavy atom. The van der Waals surface area contributed by atoms with Crippen LogP contribution in [-0.2, 0) is 11.2 Å². The molecular formula is C11H8BrClFN3O2. The van der Waals surface area contributed by atoms with E-state index >= 15 is 0 Å². The molecule has 0 aliphatic rings. The second-order valence-electron chi connectivity index (χ2n) is 3.77. The first-order valence-corrected chi connectivity index (χ1v) is 6.42. The summed E-state index contributed by atoms with van der Waals surface area (Å²) in [6, 6.07) is 2.43. The molecule has 1 aromatic heterocycles. The van der Waals surface area contributed by atoms with Gasteiger partial charge in [0.05, 0.1) is 29.0 Å². The molecule has 0 aliphatic carbocycles. The summed E-state index contributed by atoms with van der Waals surface area (Å²) < 4.78 is 14.9. The lowest BCUT2D eigenvalue weighted by Gasteiger charge is -2.06. The average molecular weight is 349 g/mol. The Bertz CT molecular complexity index is 609. The van der Waals surface area contributed by atoms with Gasteiger partial charge in [0.25, 0.3) is 0 Å². The molecule has 0 radical (unpaired) electrons. The van der Waals surface area contributed by atoms with Gasteiger partial charge in [-0.2, -0.15) is 0 Å². The monoisotopic (exact) mass is 347 g/mol. The van der Waals surface area contributed by atoms with Crippen molar-refractivity contribution in [3.63, 3.8) is 0 Å². The fraction of sp³-hybridized carbons (Fsp3) is 0.182. The molecule has 0 saturated heterocycles. The van der Waals surface area contributed by atoms with E-state index in [1.165, 1.54) is 16.8 Å². The lowest BCUT2D eigenvalue weighted by Crippen LogP contribution is -1.98. The number of benzene rings is 1. The Labute approximate surface area is 121 Å². The van der Waals surface area contributed by atoms with Crippen LogP contribution in [0.15, 0.2) is 22.8 Å². The Hall–Kier alpha value is -1.47. The number of rotatable bonds is 4. The average Bonchev–Trinajstić information content (AvgIpc) is 2.73. The number of aliphatic carboxylic acids is 1. The molecule has 0 spiro atoms. The molecular weight excluding hydrogens is 340 g/mol. The van der Waals surface area contributed by atoms with Crippen LogP contribution in [0.25, 0.3) is 5.69 Å². The quantitative estimate of drug-likeness (QED) is 0.922. The fourth-order valence-corrected chi connectivity index (χ4v) is 2.53. The van der Waals surface area contributed by atoms with E-state index in [0.717, 1.165) is 0 Å². The van der Waals surface area contributed by atoms with Gasteiger partial charge in [0.1, 0.15) is 5.82 Å². The van der Waals surface area contributed by atoms with Gasteiger partial charge in [-0.3, -0.25) is 4.79 Å². The molecule has 2 rings (SSSR count). The molecule has 2 aromatic rings. The maximum absolute atomic E-state index is 13.1. The predicted molar refractivity (Wildman–Crippen MR) is 70.0 cm³/mol. The molecule has 0 atom stereocenters. The van der Waals surface area contributed by atoms with Gasteiger partial charge in [0.2, 0.25) is 0 Å². The van der Waals surface area contributed by atoms with Gasteiger partial charge < -0.3 is 5.11 Å². The van der Waals surface area contributed by atoms with E-state index in [0.29, 0.717) is 15.9 Å². The molecule has 1 N–H and O–H groups in total. The molecule has 0 aliphatic heterocycles. The third-order valence-corrected chi connectivity index (χ3v) is 3.24. The van der Waals surface area contributed by atoms with Crippen LogP contribution in [0.3, 0.4) is 0 Å². The van der Waals surface area contributed by atoms with Gasteiger partial charge in [-0.25, -0.2) is 9.07 Å². The van der Waals surface area contributed by atoms with E-state index in [-0.39, 0.29) is 17.9 Å². The maximum atomic E-state index is 13.1. The van der Waals surface area contributed by atoms with Crippen molar-refractivity contribution in [1.29, 1.82) is 0 Å². The highest BCUT2D eigenvalue weighted by Gasteiger charge is 2.13. The number of carboxylic acid groups (broad SMARTS) is 1. The second kappa shape index (κ2) is 5.66. The van der Waals surface area contributed by atoms with E-state index < -0.39 is 11.8 Å². The number of hydrogen-bond donors (Lipinski definition) is 1. The summed E-state index contributed by atoms with van der Waals surface area (Å²) in [4.78, 5) is 10.5.